The van der Waals surface area contributed by atoms with Crippen molar-refractivity contribution in [2.24, 2.45) is 4.99 Å². The van der Waals surface area contributed by atoms with Crippen molar-refractivity contribution in [2.45, 2.75) is 26.3 Å². The van der Waals surface area contributed by atoms with Crippen molar-refractivity contribution >= 4 is 16.7 Å². The summed E-state index contributed by atoms with van der Waals surface area (Å²) >= 11 is 0. The van der Waals surface area contributed by atoms with Crippen LogP contribution < -0.4 is 10.9 Å². The zero-order chi connectivity index (χ0) is 13.9. The molecule has 5 nitrogen and oxygen atoms in total. The van der Waals surface area contributed by atoms with E-state index in [9.17, 15) is 4.79 Å². The van der Waals surface area contributed by atoms with E-state index in [1.807, 2.05) is 24.3 Å². The molecule has 0 unspecified atom stereocenters. The minimum Gasteiger partial charge on any atom is -0.367 e. The molecule has 0 amide bonds. The number of hydrogen-bond acceptors (Lipinski definition) is 4. The third-order valence-electron chi connectivity index (χ3n) is 3.49. The fourth-order valence-electron chi connectivity index (χ4n) is 2.41. The monoisotopic (exact) mass is 270 g/mol. The molecule has 0 saturated carbocycles. The van der Waals surface area contributed by atoms with Crippen molar-refractivity contribution in [3.63, 3.8) is 0 Å². The van der Waals surface area contributed by atoms with Crippen LogP contribution in [0.1, 0.15) is 25.6 Å². The summed E-state index contributed by atoms with van der Waals surface area (Å²) in [7, 11) is 0. The first kappa shape index (κ1) is 12.8. The Kier molecular flexibility index (Phi) is 3.50. The number of amidine groups is 1. The molecule has 2 aromatic rings. The van der Waals surface area contributed by atoms with Crippen molar-refractivity contribution in [3.05, 3.63) is 40.4 Å². The molecular formula is C15H18N4O. The maximum atomic E-state index is 12.5. The van der Waals surface area contributed by atoms with Gasteiger partial charge in [-0.3, -0.25) is 14.4 Å². The third kappa shape index (κ3) is 2.19. The second-order valence-corrected chi connectivity index (χ2v) is 4.92. The number of aliphatic imine (C=N–C) groups is 1. The van der Waals surface area contributed by atoms with Gasteiger partial charge >= 0.3 is 0 Å². The summed E-state index contributed by atoms with van der Waals surface area (Å²) in [5.41, 5.74) is 0.755. The van der Waals surface area contributed by atoms with Crippen LogP contribution in [0.3, 0.4) is 0 Å². The number of para-hydroxylation sites is 1. The molecule has 1 aromatic carbocycles. The summed E-state index contributed by atoms with van der Waals surface area (Å²) in [6, 6.07) is 7.47. The van der Waals surface area contributed by atoms with Gasteiger partial charge in [0.15, 0.2) is 11.7 Å². The lowest BCUT2D eigenvalue weighted by Crippen LogP contribution is -2.38. The largest absolute Gasteiger partial charge is 0.367 e. The lowest BCUT2D eigenvalue weighted by Gasteiger charge is -2.19. The van der Waals surface area contributed by atoms with Gasteiger partial charge in [-0.05, 0) is 18.6 Å². The van der Waals surface area contributed by atoms with Gasteiger partial charge in [0, 0.05) is 13.1 Å². The van der Waals surface area contributed by atoms with Crippen LogP contribution in [0.2, 0.25) is 0 Å². The molecule has 0 aliphatic carbocycles. The predicted octanol–water partition coefficient (Wildman–Crippen LogP) is 1.55. The summed E-state index contributed by atoms with van der Waals surface area (Å²) in [6.07, 6.45) is 2.20. The second kappa shape index (κ2) is 5.45. The SMILES string of the molecule is CCCCNC1=NCCn2c1nc1ccccc1c2=O. The zero-order valence-electron chi connectivity index (χ0n) is 11.6. The van der Waals surface area contributed by atoms with Gasteiger partial charge < -0.3 is 5.32 Å². The molecular weight excluding hydrogens is 252 g/mol. The van der Waals surface area contributed by atoms with E-state index >= 15 is 0 Å². The maximum Gasteiger partial charge on any atom is 0.261 e. The molecule has 5 heteroatoms. The molecule has 1 aliphatic heterocycles. The molecule has 2 heterocycles. The molecule has 0 fully saturated rings. The molecule has 0 saturated heterocycles. The molecule has 20 heavy (non-hydrogen) atoms. The first-order valence-electron chi connectivity index (χ1n) is 7.09. The number of unbranched alkanes of at least 4 members (excludes halogenated alkanes) is 1. The molecule has 104 valence electrons. The number of benzene rings is 1. The van der Waals surface area contributed by atoms with Gasteiger partial charge in [-0.1, -0.05) is 25.5 Å². The highest BCUT2D eigenvalue weighted by atomic mass is 16.1. The Hall–Kier alpha value is -2.17. The van der Waals surface area contributed by atoms with E-state index in [0.29, 0.717) is 24.3 Å². The topological polar surface area (TPSA) is 59.3 Å². The fourth-order valence-corrected chi connectivity index (χ4v) is 2.41. The van der Waals surface area contributed by atoms with E-state index in [-0.39, 0.29) is 5.56 Å². The molecule has 0 spiro atoms. The van der Waals surface area contributed by atoms with Crippen molar-refractivity contribution < 1.29 is 0 Å². The highest BCUT2D eigenvalue weighted by Gasteiger charge is 2.18. The maximum absolute atomic E-state index is 12.5. The molecule has 1 aromatic heterocycles. The number of nitrogens with one attached hydrogen (secondary N) is 1. The molecule has 1 aliphatic rings. The van der Waals surface area contributed by atoms with Crippen LogP contribution in [0.5, 0.6) is 0 Å². The van der Waals surface area contributed by atoms with Gasteiger partial charge in [0.05, 0.1) is 17.4 Å². The number of nitrogens with zero attached hydrogens (tertiary/aromatic N) is 3. The first-order valence-corrected chi connectivity index (χ1v) is 7.09. The van der Waals surface area contributed by atoms with Crippen LogP contribution >= 0.6 is 0 Å². The van der Waals surface area contributed by atoms with Crippen LogP contribution in [0.4, 0.5) is 0 Å². The van der Waals surface area contributed by atoms with Crippen molar-refractivity contribution in [3.8, 4) is 0 Å². The van der Waals surface area contributed by atoms with Gasteiger partial charge in [-0.2, -0.15) is 0 Å². The van der Waals surface area contributed by atoms with Crippen molar-refractivity contribution in [1.29, 1.82) is 0 Å². The number of hydrogen-bond donors (Lipinski definition) is 1. The Balaban J connectivity index is 2.06. The van der Waals surface area contributed by atoms with E-state index in [0.717, 1.165) is 30.7 Å². The smallest absolute Gasteiger partial charge is 0.261 e. The minimum atomic E-state index is 0.0234. The molecule has 0 bridgehead atoms. The Morgan fingerprint density at radius 2 is 2.20 bits per heavy atom. The average molecular weight is 270 g/mol. The summed E-state index contributed by atoms with van der Waals surface area (Å²) in [5, 5.41) is 3.97. The Labute approximate surface area is 117 Å². The van der Waals surface area contributed by atoms with Crippen LogP contribution in [0, 0.1) is 0 Å². The Morgan fingerprint density at radius 3 is 3.05 bits per heavy atom. The van der Waals surface area contributed by atoms with Gasteiger partial charge in [-0.15, -0.1) is 0 Å². The highest BCUT2D eigenvalue weighted by molar-refractivity contribution is 5.97. The zero-order valence-corrected chi connectivity index (χ0v) is 11.6. The van der Waals surface area contributed by atoms with Crippen LogP contribution in [0.25, 0.3) is 10.9 Å². The molecule has 0 atom stereocenters. The van der Waals surface area contributed by atoms with Gasteiger partial charge in [-0.25, -0.2) is 4.98 Å². The molecule has 1 N–H and O–H groups in total. The van der Waals surface area contributed by atoms with Crippen LogP contribution in [0.15, 0.2) is 34.1 Å². The van der Waals surface area contributed by atoms with E-state index in [2.05, 4.69) is 22.2 Å². The number of rotatable bonds is 3. The highest BCUT2D eigenvalue weighted by Crippen LogP contribution is 2.10. The van der Waals surface area contributed by atoms with Crippen molar-refractivity contribution in [2.75, 3.05) is 13.1 Å². The first-order chi connectivity index (χ1) is 9.81. The summed E-state index contributed by atoms with van der Waals surface area (Å²) in [4.78, 5) is 21.6. The van der Waals surface area contributed by atoms with Gasteiger partial charge in [0.25, 0.3) is 5.56 Å². The lowest BCUT2D eigenvalue weighted by atomic mass is 10.2. The van der Waals surface area contributed by atoms with E-state index in [1.54, 1.807) is 4.57 Å². The summed E-state index contributed by atoms with van der Waals surface area (Å²) in [6.45, 7) is 4.24. The van der Waals surface area contributed by atoms with E-state index in [4.69, 9.17) is 0 Å². The van der Waals surface area contributed by atoms with Crippen LogP contribution in [-0.2, 0) is 6.54 Å². The summed E-state index contributed by atoms with van der Waals surface area (Å²) < 4.78 is 1.73. The predicted molar refractivity (Wildman–Crippen MR) is 80.3 cm³/mol. The van der Waals surface area contributed by atoms with Crippen molar-refractivity contribution in [1.82, 2.24) is 14.9 Å². The Morgan fingerprint density at radius 1 is 1.35 bits per heavy atom. The molecule has 3 rings (SSSR count). The number of fused-ring (bicyclic) bond motifs is 2. The minimum absolute atomic E-state index is 0.0234. The standard InChI is InChI=1S/C15H18N4O/c1-2-3-8-16-13-14-18-12-7-5-4-6-11(12)15(20)19(14)10-9-17-13/h4-7H,2-3,8-10H2,1H3,(H,16,17). The average Bonchev–Trinajstić information content (AvgIpc) is 2.48. The normalized spacial score (nSPS) is 13.9. The quantitative estimate of drug-likeness (QED) is 0.861. The third-order valence-corrected chi connectivity index (χ3v) is 3.49. The second-order valence-electron chi connectivity index (χ2n) is 4.92. The van der Waals surface area contributed by atoms with Gasteiger partial charge in [0.1, 0.15) is 0 Å². The van der Waals surface area contributed by atoms with Gasteiger partial charge in [0.2, 0.25) is 0 Å². The van der Waals surface area contributed by atoms with Crippen LogP contribution in [-0.4, -0.2) is 28.5 Å². The summed E-state index contributed by atoms with van der Waals surface area (Å²) in [5.74, 6) is 1.41. The Bertz CT molecular complexity index is 717. The molecule has 0 radical (unpaired) electrons. The number of aromatic nitrogens is 2. The fraction of sp³-hybridized carbons (Fsp3) is 0.400. The van der Waals surface area contributed by atoms with E-state index in [1.165, 1.54) is 0 Å². The lowest BCUT2D eigenvalue weighted by molar-refractivity contribution is 0.633. The van der Waals surface area contributed by atoms with E-state index < -0.39 is 0 Å².